The van der Waals surface area contributed by atoms with E-state index in [1.54, 1.807) is 0 Å². The Bertz CT molecular complexity index is 326. The molecule has 0 aromatic heterocycles. The van der Waals surface area contributed by atoms with Crippen LogP contribution in [-0.4, -0.2) is 18.3 Å². The van der Waals surface area contributed by atoms with Crippen LogP contribution < -0.4 is 5.32 Å². The van der Waals surface area contributed by atoms with Crippen molar-refractivity contribution in [2.75, 3.05) is 12.4 Å². The lowest BCUT2D eigenvalue weighted by molar-refractivity contribution is 0.0953. The topological polar surface area (TPSA) is 29.1 Å². The summed E-state index contributed by atoms with van der Waals surface area (Å²) >= 11 is 7.79. The van der Waals surface area contributed by atoms with Crippen molar-refractivity contribution >= 4 is 40.1 Å². The molecular formula is C12H15ClINO. The summed E-state index contributed by atoms with van der Waals surface area (Å²) in [4.78, 5) is 11.6. The fourth-order valence-corrected chi connectivity index (χ4v) is 1.85. The number of amides is 1. The van der Waals surface area contributed by atoms with Crippen molar-refractivity contribution in [3.63, 3.8) is 0 Å². The summed E-state index contributed by atoms with van der Waals surface area (Å²) in [5.41, 5.74) is 0.720. The molecule has 88 valence electrons. The zero-order valence-corrected chi connectivity index (χ0v) is 11.9. The van der Waals surface area contributed by atoms with Crippen LogP contribution in [0.3, 0.4) is 0 Å². The van der Waals surface area contributed by atoms with Crippen molar-refractivity contribution in [2.45, 2.75) is 19.3 Å². The van der Waals surface area contributed by atoms with Crippen LogP contribution in [0.1, 0.15) is 29.6 Å². The zero-order valence-electron chi connectivity index (χ0n) is 9.01. The molecule has 0 unspecified atom stereocenters. The molecule has 4 heteroatoms. The second-order valence-electron chi connectivity index (χ2n) is 3.51. The zero-order chi connectivity index (χ0) is 11.8. The summed E-state index contributed by atoms with van der Waals surface area (Å²) in [6.45, 7) is 0.724. The van der Waals surface area contributed by atoms with E-state index in [-0.39, 0.29) is 5.91 Å². The number of rotatable bonds is 6. The van der Waals surface area contributed by atoms with Crippen molar-refractivity contribution in [2.24, 2.45) is 0 Å². The maximum atomic E-state index is 11.6. The molecule has 0 fully saturated rings. The van der Waals surface area contributed by atoms with E-state index < -0.39 is 0 Å². The first-order valence-corrected chi connectivity index (χ1v) is 6.95. The van der Waals surface area contributed by atoms with E-state index in [2.05, 4.69) is 27.9 Å². The Morgan fingerprint density at radius 1 is 1.19 bits per heavy atom. The van der Waals surface area contributed by atoms with Gasteiger partial charge in [0.1, 0.15) is 0 Å². The van der Waals surface area contributed by atoms with Crippen LogP contribution in [-0.2, 0) is 0 Å². The van der Waals surface area contributed by atoms with Crippen molar-refractivity contribution in [1.29, 1.82) is 0 Å². The summed E-state index contributed by atoms with van der Waals surface area (Å²) in [5.74, 6) is 0.702. The second-order valence-corrected chi connectivity index (χ2v) is 5.14. The Morgan fingerprint density at radius 2 is 1.88 bits per heavy atom. The molecule has 1 N–H and O–H groups in total. The first-order chi connectivity index (χ1) is 7.74. The van der Waals surface area contributed by atoms with E-state index in [0.29, 0.717) is 5.88 Å². The van der Waals surface area contributed by atoms with Crippen LogP contribution in [0.15, 0.2) is 24.3 Å². The fraction of sp³-hybridized carbons (Fsp3) is 0.417. The number of benzene rings is 1. The van der Waals surface area contributed by atoms with Gasteiger partial charge in [0.15, 0.2) is 0 Å². The maximum absolute atomic E-state index is 11.6. The van der Waals surface area contributed by atoms with E-state index in [4.69, 9.17) is 11.6 Å². The highest BCUT2D eigenvalue weighted by Gasteiger charge is 2.03. The molecule has 0 atom stereocenters. The second kappa shape index (κ2) is 7.90. The number of nitrogens with one attached hydrogen (secondary N) is 1. The van der Waals surface area contributed by atoms with Crippen LogP contribution in [0.2, 0.25) is 0 Å². The Morgan fingerprint density at radius 3 is 2.50 bits per heavy atom. The fourth-order valence-electron chi connectivity index (χ4n) is 1.30. The van der Waals surface area contributed by atoms with Crippen molar-refractivity contribution in [3.05, 3.63) is 33.4 Å². The van der Waals surface area contributed by atoms with Gasteiger partial charge in [-0.2, -0.15) is 0 Å². The van der Waals surface area contributed by atoms with Gasteiger partial charge in [-0.15, -0.1) is 11.6 Å². The van der Waals surface area contributed by atoms with Gasteiger partial charge < -0.3 is 5.32 Å². The lowest BCUT2D eigenvalue weighted by atomic mass is 10.2. The molecule has 2 nitrogen and oxygen atoms in total. The lowest BCUT2D eigenvalue weighted by Crippen LogP contribution is -2.24. The van der Waals surface area contributed by atoms with Crippen molar-refractivity contribution < 1.29 is 4.79 Å². The Labute approximate surface area is 115 Å². The summed E-state index contributed by atoms with van der Waals surface area (Å²) in [6, 6.07) is 7.55. The molecule has 0 aliphatic rings. The number of hydrogen-bond donors (Lipinski definition) is 1. The molecule has 1 aromatic rings. The van der Waals surface area contributed by atoms with E-state index in [1.165, 1.54) is 0 Å². The minimum Gasteiger partial charge on any atom is -0.352 e. The van der Waals surface area contributed by atoms with Gasteiger partial charge in [0.25, 0.3) is 5.91 Å². The Balaban J connectivity index is 2.27. The summed E-state index contributed by atoms with van der Waals surface area (Å²) in [5, 5.41) is 2.89. The van der Waals surface area contributed by atoms with Gasteiger partial charge in [-0.3, -0.25) is 4.79 Å². The molecule has 0 saturated carbocycles. The smallest absolute Gasteiger partial charge is 0.251 e. The number of hydrogen-bond acceptors (Lipinski definition) is 1. The van der Waals surface area contributed by atoms with Crippen molar-refractivity contribution in [3.8, 4) is 0 Å². The Hall–Kier alpha value is -0.290. The molecule has 0 aliphatic carbocycles. The van der Waals surface area contributed by atoms with Gasteiger partial charge in [-0.05, 0) is 59.7 Å². The normalized spacial score (nSPS) is 10.1. The first kappa shape index (κ1) is 13.8. The minimum atomic E-state index is 0.00211. The van der Waals surface area contributed by atoms with Gasteiger partial charge in [-0.25, -0.2) is 0 Å². The van der Waals surface area contributed by atoms with E-state index in [1.807, 2.05) is 24.3 Å². The third-order valence-electron chi connectivity index (χ3n) is 2.20. The molecule has 0 heterocycles. The van der Waals surface area contributed by atoms with Gasteiger partial charge in [0, 0.05) is 21.6 Å². The van der Waals surface area contributed by atoms with Gasteiger partial charge in [0.05, 0.1) is 0 Å². The summed E-state index contributed by atoms with van der Waals surface area (Å²) in [7, 11) is 0. The SMILES string of the molecule is O=C(NCCCCCCl)c1ccc(I)cc1. The predicted octanol–water partition coefficient (Wildman–Crippen LogP) is 3.43. The summed E-state index contributed by atoms with van der Waals surface area (Å²) < 4.78 is 1.14. The van der Waals surface area contributed by atoms with E-state index in [0.717, 1.165) is 34.9 Å². The minimum absolute atomic E-state index is 0.00211. The quantitative estimate of drug-likeness (QED) is 0.475. The Kier molecular flexibility index (Phi) is 6.80. The van der Waals surface area contributed by atoms with Crippen LogP contribution in [0, 0.1) is 3.57 Å². The van der Waals surface area contributed by atoms with Crippen LogP contribution >= 0.6 is 34.2 Å². The predicted molar refractivity (Wildman–Crippen MR) is 76.1 cm³/mol. The van der Waals surface area contributed by atoms with Crippen LogP contribution in [0.4, 0.5) is 0 Å². The van der Waals surface area contributed by atoms with Crippen LogP contribution in [0.25, 0.3) is 0 Å². The highest BCUT2D eigenvalue weighted by atomic mass is 127. The number of carbonyl (C=O) groups excluding carboxylic acids is 1. The number of halogens is 2. The first-order valence-electron chi connectivity index (χ1n) is 5.34. The summed E-state index contributed by atoms with van der Waals surface area (Å²) in [6.07, 6.45) is 3.07. The molecule has 1 rings (SSSR count). The largest absolute Gasteiger partial charge is 0.352 e. The molecule has 0 saturated heterocycles. The molecule has 1 amide bonds. The lowest BCUT2D eigenvalue weighted by Gasteiger charge is -2.04. The maximum Gasteiger partial charge on any atom is 0.251 e. The van der Waals surface area contributed by atoms with Gasteiger partial charge in [0.2, 0.25) is 0 Å². The van der Waals surface area contributed by atoms with Crippen molar-refractivity contribution in [1.82, 2.24) is 5.32 Å². The van der Waals surface area contributed by atoms with E-state index in [9.17, 15) is 4.79 Å². The van der Waals surface area contributed by atoms with Gasteiger partial charge >= 0.3 is 0 Å². The number of unbranched alkanes of at least 4 members (excludes halogenated alkanes) is 2. The highest BCUT2D eigenvalue weighted by molar-refractivity contribution is 14.1. The standard InChI is InChI=1S/C12H15ClINO/c13-8-2-1-3-9-15-12(16)10-4-6-11(14)7-5-10/h4-7H,1-3,8-9H2,(H,15,16). The average molecular weight is 352 g/mol. The molecule has 0 bridgehead atoms. The molecule has 0 spiro atoms. The monoisotopic (exact) mass is 351 g/mol. The molecular weight excluding hydrogens is 336 g/mol. The molecule has 1 aromatic carbocycles. The molecule has 16 heavy (non-hydrogen) atoms. The van der Waals surface area contributed by atoms with Crippen LogP contribution in [0.5, 0.6) is 0 Å². The average Bonchev–Trinajstić information content (AvgIpc) is 2.29. The third kappa shape index (κ3) is 5.16. The molecule has 0 radical (unpaired) electrons. The van der Waals surface area contributed by atoms with E-state index >= 15 is 0 Å². The van der Waals surface area contributed by atoms with Gasteiger partial charge in [-0.1, -0.05) is 6.42 Å². The number of alkyl halides is 1. The highest BCUT2D eigenvalue weighted by Crippen LogP contribution is 2.06. The molecule has 0 aliphatic heterocycles. The third-order valence-corrected chi connectivity index (χ3v) is 3.19. The number of carbonyl (C=O) groups is 1.